The molecule has 2 rings (SSSR count). The third-order valence-electron chi connectivity index (χ3n) is 2.75. The first kappa shape index (κ1) is 11.1. The second-order valence-electron chi connectivity index (χ2n) is 3.88. The molecule has 16 heavy (non-hydrogen) atoms. The Balaban J connectivity index is 2.62. The van der Waals surface area contributed by atoms with Crippen LogP contribution in [0.5, 0.6) is 5.75 Å². The minimum Gasteiger partial charge on any atom is -0.507 e. The Morgan fingerprint density at radius 2 is 2.00 bits per heavy atom. The van der Waals surface area contributed by atoms with E-state index in [1.54, 1.807) is 0 Å². The van der Waals surface area contributed by atoms with Crippen LogP contribution in [0.2, 0.25) is 0 Å². The highest BCUT2D eigenvalue weighted by Crippen LogP contribution is 2.36. The van der Waals surface area contributed by atoms with E-state index in [1.807, 2.05) is 0 Å². The smallest absolute Gasteiger partial charge is 0.169 e. The summed E-state index contributed by atoms with van der Waals surface area (Å²) in [6, 6.07) is 2.70. The molecule has 1 aromatic rings. The van der Waals surface area contributed by atoms with Crippen molar-refractivity contribution in [1.82, 2.24) is 0 Å². The average molecular weight is 224 g/mol. The highest BCUT2D eigenvalue weighted by Gasteiger charge is 2.33. The lowest BCUT2D eigenvalue weighted by atomic mass is 9.85. The molecule has 0 aliphatic heterocycles. The maximum atomic E-state index is 11.6. The predicted molar refractivity (Wildman–Crippen MR) is 53.9 cm³/mol. The van der Waals surface area contributed by atoms with Crippen molar-refractivity contribution < 1.29 is 25.2 Å². The predicted octanol–water partition coefficient (Wildman–Crippen LogP) is -0.135. The van der Waals surface area contributed by atoms with Crippen molar-refractivity contribution in [2.24, 2.45) is 0 Å². The number of carbonyl (C=O) groups is 1. The van der Waals surface area contributed by atoms with Crippen LogP contribution in [0.4, 0.5) is 0 Å². The maximum absolute atomic E-state index is 11.6. The SMILES string of the molecule is O=C1C[C@H](O)[C@@H](O)c2cc(CO)cc(O)c21. The maximum Gasteiger partial charge on any atom is 0.169 e. The summed E-state index contributed by atoms with van der Waals surface area (Å²) >= 11 is 0. The molecule has 0 radical (unpaired) electrons. The molecular weight excluding hydrogens is 212 g/mol. The molecule has 1 aliphatic carbocycles. The summed E-state index contributed by atoms with van der Waals surface area (Å²) in [5.74, 6) is -0.674. The number of aliphatic hydroxyl groups excluding tert-OH is 3. The Bertz CT molecular complexity index is 440. The standard InChI is InChI=1S/C11H12O5/c12-4-5-1-6-10(7(13)2-5)8(14)3-9(15)11(6)16/h1-2,9,11-13,15-16H,3-4H2/t9-,11-/m0/s1. The molecule has 0 amide bonds. The molecule has 86 valence electrons. The van der Waals surface area contributed by atoms with E-state index in [-0.39, 0.29) is 29.9 Å². The van der Waals surface area contributed by atoms with E-state index in [0.717, 1.165) is 0 Å². The number of aromatic hydroxyl groups is 1. The zero-order valence-electron chi connectivity index (χ0n) is 8.42. The second-order valence-corrected chi connectivity index (χ2v) is 3.88. The highest BCUT2D eigenvalue weighted by atomic mass is 16.3. The van der Waals surface area contributed by atoms with Gasteiger partial charge in [-0.2, -0.15) is 0 Å². The van der Waals surface area contributed by atoms with Gasteiger partial charge in [-0.1, -0.05) is 0 Å². The molecule has 0 unspecified atom stereocenters. The summed E-state index contributed by atoms with van der Waals surface area (Å²) in [5, 5.41) is 37.7. The van der Waals surface area contributed by atoms with Crippen LogP contribution < -0.4 is 0 Å². The Morgan fingerprint density at radius 3 is 2.62 bits per heavy atom. The first-order valence-electron chi connectivity index (χ1n) is 4.90. The van der Waals surface area contributed by atoms with Gasteiger partial charge in [0.25, 0.3) is 0 Å². The van der Waals surface area contributed by atoms with Gasteiger partial charge in [-0.3, -0.25) is 4.79 Å². The molecule has 4 N–H and O–H groups in total. The number of rotatable bonds is 1. The van der Waals surface area contributed by atoms with Crippen LogP contribution in [0.1, 0.15) is 34.0 Å². The fourth-order valence-corrected chi connectivity index (χ4v) is 1.95. The fraction of sp³-hybridized carbons (Fsp3) is 0.364. The summed E-state index contributed by atoms with van der Waals surface area (Å²) in [5.41, 5.74) is 0.597. The number of hydrogen-bond acceptors (Lipinski definition) is 5. The fourth-order valence-electron chi connectivity index (χ4n) is 1.95. The van der Waals surface area contributed by atoms with E-state index < -0.39 is 18.0 Å². The third-order valence-corrected chi connectivity index (χ3v) is 2.75. The van der Waals surface area contributed by atoms with Gasteiger partial charge in [-0.15, -0.1) is 0 Å². The lowest BCUT2D eigenvalue weighted by Crippen LogP contribution is -2.29. The van der Waals surface area contributed by atoms with Crippen LogP contribution >= 0.6 is 0 Å². The lowest BCUT2D eigenvalue weighted by molar-refractivity contribution is 0.00834. The number of aliphatic hydroxyl groups is 3. The number of phenols is 1. The summed E-state index contributed by atoms with van der Waals surface area (Å²) in [7, 11) is 0. The molecule has 0 bridgehead atoms. The van der Waals surface area contributed by atoms with Crippen molar-refractivity contribution in [3.8, 4) is 5.75 Å². The number of hydrogen-bond donors (Lipinski definition) is 4. The summed E-state index contributed by atoms with van der Waals surface area (Å²) in [6.07, 6.45) is -2.57. The zero-order chi connectivity index (χ0) is 11.9. The topological polar surface area (TPSA) is 98.0 Å². The minimum absolute atomic E-state index is 0.0370. The van der Waals surface area contributed by atoms with Gasteiger partial charge in [-0.25, -0.2) is 0 Å². The molecule has 1 aliphatic rings. The first-order chi connectivity index (χ1) is 7.54. The lowest BCUT2D eigenvalue weighted by Gasteiger charge is -2.26. The number of ketones is 1. The van der Waals surface area contributed by atoms with Crippen molar-refractivity contribution in [1.29, 1.82) is 0 Å². The van der Waals surface area contributed by atoms with Crippen LogP contribution in [-0.2, 0) is 6.61 Å². The van der Waals surface area contributed by atoms with Crippen LogP contribution in [0.15, 0.2) is 12.1 Å². The van der Waals surface area contributed by atoms with E-state index in [4.69, 9.17) is 5.11 Å². The van der Waals surface area contributed by atoms with Crippen molar-refractivity contribution >= 4 is 5.78 Å². The Morgan fingerprint density at radius 1 is 1.31 bits per heavy atom. The van der Waals surface area contributed by atoms with Crippen molar-refractivity contribution in [3.05, 3.63) is 28.8 Å². The molecule has 0 fully saturated rings. The van der Waals surface area contributed by atoms with Gasteiger partial charge in [0.2, 0.25) is 0 Å². The summed E-state index contributed by atoms with van der Waals surface area (Å²) in [6.45, 7) is -0.308. The van der Waals surface area contributed by atoms with Gasteiger partial charge in [0.15, 0.2) is 5.78 Å². The molecule has 1 aromatic carbocycles. The minimum atomic E-state index is -1.20. The van der Waals surface area contributed by atoms with E-state index >= 15 is 0 Å². The molecule has 2 atom stereocenters. The number of fused-ring (bicyclic) bond motifs is 1. The summed E-state index contributed by atoms with van der Waals surface area (Å²) in [4.78, 5) is 11.6. The van der Waals surface area contributed by atoms with Crippen LogP contribution in [0.25, 0.3) is 0 Å². The normalized spacial score (nSPS) is 24.3. The molecule has 0 aromatic heterocycles. The monoisotopic (exact) mass is 224 g/mol. The van der Waals surface area contributed by atoms with Crippen molar-refractivity contribution in [3.63, 3.8) is 0 Å². The zero-order valence-corrected chi connectivity index (χ0v) is 8.42. The molecule has 0 spiro atoms. The quantitative estimate of drug-likeness (QED) is 0.532. The van der Waals surface area contributed by atoms with Crippen LogP contribution in [0, 0.1) is 0 Å². The Labute approximate surface area is 91.6 Å². The van der Waals surface area contributed by atoms with Gasteiger partial charge in [-0.05, 0) is 23.3 Å². The van der Waals surface area contributed by atoms with Gasteiger partial charge < -0.3 is 20.4 Å². The van der Waals surface area contributed by atoms with Crippen molar-refractivity contribution in [2.75, 3.05) is 0 Å². The summed E-state index contributed by atoms with van der Waals surface area (Å²) < 4.78 is 0. The van der Waals surface area contributed by atoms with Gasteiger partial charge in [0.05, 0.1) is 18.3 Å². The largest absolute Gasteiger partial charge is 0.507 e. The molecule has 5 heteroatoms. The number of carbonyl (C=O) groups excluding carboxylic acids is 1. The van der Waals surface area contributed by atoms with Gasteiger partial charge >= 0.3 is 0 Å². The molecule has 0 saturated heterocycles. The number of Topliss-reactive ketones (excluding diaryl/α,β-unsaturated/α-hetero) is 1. The van der Waals surface area contributed by atoms with Crippen molar-refractivity contribution in [2.45, 2.75) is 25.2 Å². The van der Waals surface area contributed by atoms with Crippen LogP contribution in [0.3, 0.4) is 0 Å². The van der Waals surface area contributed by atoms with Gasteiger partial charge in [0.1, 0.15) is 11.9 Å². The van der Waals surface area contributed by atoms with E-state index in [9.17, 15) is 20.1 Å². The highest BCUT2D eigenvalue weighted by molar-refractivity contribution is 6.01. The van der Waals surface area contributed by atoms with E-state index in [0.29, 0.717) is 5.56 Å². The third kappa shape index (κ3) is 1.59. The Kier molecular flexibility index (Phi) is 2.67. The van der Waals surface area contributed by atoms with Gasteiger partial charge in [0, 0.05) is 6.42 Å². The molecule has 0 heterocycles. The molecule has 5 nitrogen and oxygen atoms in total. The Hall–Kier alpha value is -1.43. The first-order valence-corrected chi connectivity index (χ1v) is 4.90. The molecule has 0 saturated carbocycles. The average Bonchev–Trinajstić information content (AvgIpc) is 2.24. The van der Waals surface area contributed by atoms with E-state index in [1.165, 1.54) is 12.1 Å². The number of phenolic OH excluding ortho intramolecular Hbond substituents is 1. The second kappa shape index (κ2) is 3.86. The van der Waals surface area contributed by atoms with E-state index in [2.05, 4.69) is 0 Å². The number of benzene rings is 1. The molecular formula is C11H12O5. The van der Waals surface area contributed by atoms with Crippen LogP contribution in [-0.4, -0.2) is 32.3 Å².